The highest BCUT2D eigenvalue weighted by Crippen LogP contribution is 2.16. The number of rotatable bonds is 4. The van der Waals surface area contributed by atoms with Crippen LogP contribution in [0.1, 0.15) is 25.1 Å². The van der Waals surface area contributed by atoms with E-state index in [-0.39, 0.29) is 17.8 Å². The van der Waals surface area contributed by atoms with Crippen LogP contribution in [0, 0.1) is 11.7 Å². The minimum absolute atomic E-state index is 0.0232. The molecule has 1 aromatic carbocycles. The van der Waals surface area contributed by atoms with E-state index in [9.17, 15) is 14.0 Å². The molecule has 0 atom stereocenters. The number of carbonyl (C=O) groups is 1. The molecule has 20 heavy (non-hydrogen) atoms. The molecule has 0 saturated carbocycles. The van der Waals surface area contributed by atoms with Gasteiger partial charge in [-0.1, -0.05) is 13.8 Å². The maximum atomic E-state index is 13.3. The minimum atomic E-state index is -0.507. The van der Waals surface area contributed by atoms with Gasteiger partial charge in [0.2, 0.25) is 5.91 Å². The van der Waals surface area contributed by atoms with E-state index < -0.39 is 11.7 Å². The lowest BCUT2D eigenvalue weighted by molar-refractivity contribution is -0.117. The predicted molar refractivity (Wildman–Crippen MR) is 76.0 cm³/mol. The molecule has 5 heteroatoms. The van der Waals surface area contributed by atoms with Crippen LogP contribution in [0.5, 0.6) is 0 Å². The van der Waals surface area contributed by atoms with Crippen LogP contribution in [0.3, 0.4) is 0 Å². The van der Waals surface area contributed by atoms with E-state index in [2.05, 4.69) is 4.98 Å². The third-order valence-corrected chi connectivity index (χ3v) is 3.11. The normalized spacial score (nSPS) is 11.2. The fourth-order valence-corrected chi connectivity index (χ4v) is 2.30. The van der Waals surface area contributed by atoms with Crippen LogP contribution in [0.4, 0.5) is 4.39 Å². The SMILES string of the molecule is CC(C)Cc1c(CC(N)=O)[nH]c2ccc(F)cc2c1=O. The van der Waals surface area contributed by atoms with Gasteiger partial charge in [-0.2, -0.15) is 0 Å². The summed E-state index contributed by atoms with van der Waals surface area (Å²) in [5.41, 5.74) is 6.54. The van der Waals surface area contributed by atoms with Gasteiger partial charge in [-0.3, -0.25) is 9.59 Å². The summed E-state index contributed by atoms with van der Waals surface area (Å²) in [5, 5.41) is 0.300. The molecule has 0 fully saturated rings. The molecule has 1 amide bonds. The van der Waals surface area contributed by atoms with Crippen LogP contribution in [-0.4, -0.2) is 10.9 Å². The molecule has 4 nitrogen and oxygen atoms in total. The van der Waals surface area contributed by atoms with E-state index in [0.717, 1.165) is 0 Å². The van der Waals surface area contributed by atoms with Crippen molar-refractivity contribution in [2.24, 2.45) is 11.7 Å². The Labute approximate surface area is 115 Å². The summed E-state index contributed by atoms with van der Waals surface area (Å²) in [6, 6.07) is 3.98. The van der Waals surface area contributed by atoms with Crippen molar-refractivity contribution in [1.29, 1.82) is 0 Å². The Kier molecular flexibility index (Phi) is 3.88. The molecular formula is C15H17FN2O2. The van der Waals surface area contributed by atoms with Gasteiger partial charge in [0.05, 0.1) is 6.42 Å². The number of fused-ring (bicyclic) bond motifs is 1. The Hall–Kier alpha value is -2.17. The molecule has 0 aliphatic carbocycles. The van der Waals surface area contributed by atoms with Crippen molar-refractivity contribution >= 4 is 16.8 Å². The zero-order valence-corrected chi connectivity index (χ0v) is 11.5. The molecule has 0 spiro atoms. The van der Waals surface area contributed by atoms with Crippen molar-refractivity contribution in [2.75, 3.05) is 0 Å². The lowest BCUT2D eigenvalue weighted by Crippen LogP contribution is -2.22. The number of H-pyrrole nitrogens is 1. The lowest BCUT2D eigenvalue weighted by Gasteiger charge is -2.12. The highest BCUT2D eigenvalue weighted by Gasteiger charge is 2.15. The zero-order chi connectivity index (χ0) is 14.9. The van der Waals surface area contributed by atoms with Gasteiger partial charge < -0.3 is 10.7 Å². The summed E-state index contributed by atoms with van der Waals surface area (Å²) in [5.74, 6) is -0.720. The van der Waals surface area contributed by atoms with Crippen molar-refractivity contribution in [3.8, 4) is 0 Å². The minimum Gasteiger partial charge on any atom is -0.369 e. The quantitative estimate of drug-likeness (QED) is 0.894. The number of pyridine rings is 1. The Morgan fingerprint density at radius 3 is 2.70 bits per heavy atom. The van der Waals surface area contributed by atoms with E-state index in [1.165, 1.54) is 18.2 Å². The number of amides is 1. The average molecular weight is 276 g/mol. The van der Waals surface area contributed by atoms with Crippen molar-refractivity contribution in [3.63, 3.8) is 0 Å². The number of hydrogen-bond acceptors (Lipinski definition) is 2. The number of aromatic amines is 1. The molecule has 0 aliphatic heterocycles. The van der Waals surface area contributed by atoms with Gasteiger partial charge in [0.1, 0.15) is 5.82 Å². The Bertz CT molecular complexity index is 720. The summed E-state index contributed by atoms with van der Waals surface area (Å²) in [6.07, 6.45) is 0.495. The third kappa shape index (κ3) is 2.87. The van der Waals surface area contributed by atoms with Gasteiger partial charge in [-0.15, -0.1) is 0 Å². The second kappa shape index (κ2) is 5.45. The average Bonchev–Trinajstić information content (AvgIpc) is 2.34. The largest absolute Gasteiger partial charge is 0.369 e. The van der Waals surface area contributed by atoms with E-state index in [4.69, 9.17) is 5.73 Å². The summed E-state index contributed by atoms with van der Waals surface area (Å²) in [4.78, 5) is 26.7. The number of nitrogens with two attached hydrogens (primary N) is 1. The summed E-state index contributed by atoms with van der Waals surface area (Å²) in [7, 11) is 0. The Balaban J connectivity index is 2.72. The fraction of sp³-hybridized carbons (Fsp3) is 0.333. The molecule has 0 saturated heterocycles. The van der Waals surface area contributed by atoms with Crippen molar-refractivity contribution in [2.45, 2.75) is 26.7 Å². The summed E-state index contributed by atoms with van der Waals surface area (Å²) >= 11 is 0. The van der Waals surface area contributed by atoms with E-state index in [0.29, 0.717) is 28.6 Å². The number of hydrogen-bond donors (Lipinski definition) is 2. The van der Waals surface area contributed by atoms with Gasteiger partial charge in [-0.05, 0) is 30.5 Å². The van der Waals surface area contributed by atoms with Gasteiger partial charge >= 0.3 is 0 Å². The van der Waals surface area contributed by atoms with Crippen LogP contribution in [-0.2, 0) is 17.6 Å². The highest BCUT2D eigenvalue weighted by atomic mass is 19.1. The smallest absolute Gasteiger partial charge is 0.223 e. The van der Waals surface area contributed by atoms with E-state index >= 15 is 0 Å². The maximum Gasteiger partial charge on any atom is 0.223 e. The number of halogens is 1. The summed E-state index contributed by atoms with van der Waals surface area (Å²) < 4.78 is 13.3. The molecule has 106 valence electrons. The standard InChI is InChI=1S/C15H17FN2O2/c1-8(2)5-10-13(7-14(17)19)18-12-4-3-9(16)6-11(12)15(10)20/h3-4,6,8H,5,7H2,1-2H3,(H2,17,19)(H,18,20). The second-order valence-electron chi connectivity index (χ2n) is 5.34. The Morgan fingerprint density at radius 2 is 2.10 bits per heavy atom. The van der Waals surface area contributed by atoms with Gasteiger partial charge in [0, 0.05) is 22.2 Å². The molecule has 0 unspecified atom stereocenters. The van der Waals surface area contributed by atoms with Gasteiger partial charge in [-0.25, -0.2) is 4.39 Å². The van der Waals surface area contributed by atoms with Crippen LogP contribution in [0.15, 0.2) is 23.0 Å². The molecule has 0 aliphatic rings. The first-order valence-corrected chi connectivity index (χ1v) is 6.50. The molecule has 2 rings (SSSR count). The summed E-state index contributed by atoms with van der Waals surface area (Å²) in [6.45, 7) is 3.95. The molecular weight excluding hydrogens is 259 g/mol. The number of benzene rings is 1. The molecule has 0 bridgehead atoms. The fourth-order valence-electron chi connectivity index (χ4n) is 2.30. The maximum absolute atomic E-state index is 13.3. The van der Waals surface area contributed by atoms with E-state index in [1.807, 2.05) is 13.8 Å². The number of primary amides is 1. The van der Waals surface area contributed by atoms with Gasteiger partial charge in [0.15, 0.2) is 5.43 Å². The second-order valence-corrected chi connectivity index (χ2v) is 5.34. The van der Waals surface area contributed by atoms with Crippen LogP contribution in [0.25, 0.3) is 10.9 Å². The van der Waals surface area contributed by atoms with Crippen LogP contribution >= 0.6 is 0 Å². The first-order valence-electron chi connectivity index (χ1n) is 6.50. The number of carbonyl (C=O) groups excluding carboxylic acids is 1. The first-order chi connectivity index (χ1) is 9.38. The number of nitrogens with one attached hydrogen (secondary N) is 1. The monoisotopic (exact) mass is 276 g/mol. The predicted octanol–water partition coefficient (Wildman–Crippen LogP) is 1.89. The van der Waals surface area contributed by atoms with Crippen molar-refractivity contribution in [1.82, 2.24) is 4.98 Å². The molecule has 3 N–H and O–H groups in total. The topological polar surface area (TPSA) is 76.0 Å². The molecule has 2 aromatic rings. The molecule has 1 heterocycles. The van der Waals surface area contributed by atoms with Crippen LogP contribution in [0.2, 0.25) is 0 Å². The first kappa shape index (κ1) is 14.2. The highest BCUT2D eigenvalue weighted by molar-refractivity contribution is 5.82. The Morgan fingerprint density at radius 1 is 1.40 bits per heavy atom. The van der Waals surface area contributed by atoms with Crippen LogP contribution < -0.4 is 11.2 Å². The molecule has 1 aromatic heterocycles. The molecule has 0 radical (unpaired) electrons. The zero-order valence-electron chi connectivity index (χ0n) is 11.5. The lowest BCUT2D eigenvalue weighted by atomic mass is 9.97. The third-order valence-electron chi connectivity index (χ3n) is 3.11. The van der Waals surface area contributed by atoms with Gasteiger partial charge in [0.25, 0.3) is 0 Å². The van der Waals surface area contributed by atoms with Crippen molar-refractivity contribution in [3.05, 3.63) is 45.5 Å². The number of aromatic nitrogens is 1. The van der Waals surface area contributed by atoms with Crippen molar-refractivity contribution < 1.29 is 9.18 Å². The van der Waals surface area contributed by atoms with E-state index in [1.54, 1.807) is 0 Å².